The maximum atomic E-state index is 6.22. The zero-order chi connectivity index (χ0) is 12.6. The summed E-state index contributed by atoms with van der Waals surface area (Å²) in [4.78, 5) is 0. The van der Waals surface area contributed by atoms with Gasteiger partial charge in [0.05, 0.1) is 15.1 Å². The van der Waals surface area contributed by atoms with Crippen LogP contribution >= 0.6 is 34.8 Å². The molecule has 0 bridgehead atoms. The second-order valence-electron chi connectivity index (χ2n) is 4.78. The molecule has 0 radical (unpaired) electrons. The second kappa shape index (κ2) is 5.36. The second-order valence-corrected chi connectivity index (χ2v) is 5.94. The standard InChI is InChI=1S/C13H16Cl3N/c1-7(9-3-4-9)17-8(2)10-5-6-11(14)13(16)12(10)15/h5-9,17H,3-4H2,1-2H3. The molecule has 2 unspecified atom stereocenters. The van der Waals surface area contributed by atoms with E-state index in [1.807, 2.05) is 6.07 Å². The van der Waals surface area contributed by atoms with E-state index in [1.165, 1.54) is 12.8 Å². The fourth-order valence-electron chi connectivity index (χ4n) is 2.09. The van der Waals surface area contributed by atoms with Crippen molar-refractivity contribution in [2.24, 2.45) is 5.92 Å². The van der Waals surface area contributed by atoms with Gasteiger partial charge in [-0.25, -0.2) is 0 Å². The Morgan fingerprint density at radius 1 is 1.12 bits per heavy atom. The molecule has 0 aliphatic heterocycles. The van der Waals surface area contributed by atoms with Crippen molar-refractivity contribution in [3.8, 4) is 0 Å². The minimum Gasteiger partial charge on any atom is -0.307 e. The predicted octanol–water partition coefficient (Wildman–Crippen LogP) is 5.10. The summed E-state index contributed by atoms with van der Waals surface area (Å²) in [5.74, 6) is 0.819. The molecular weight excluding hydrogens is 277 g/mol. The first-order valence-corrected chi connectivity index (χ1v) is 7.03. The molecule has 2 atom stereocenters. The highest BCUT2D eigenvalue weighted by atomic mass is 35.5. The van der Waals surface area contributed by atoms with Gasteiger partial charge in [-0.1, -0.05) is 40.9 Å². The highest BCUT2D eigenvalue weighted by Crippen LogP contribution is 2.37. The van der Waals surface area contributed by atoms with Gasteiger partial charge in [0.1, 0.15) is 0 Å². The molecule has 1 aromatic rings. The first-order valence-electron chi connectivity index (χ1n) is 5.90. The van der Waals surface area contributed by atoms with Gasteiger partial charge < -0.3 is 5.32 Å². The lowest BCUT2D eigenvalue weighted by molar-refractivity contribution is 0.441. The van der Waals surface area contributed by atoms with Crippen LogP contribution in [0, 0.1) is 5.92 Å². The molecule has 1 aromatic carbocycles. The lowest BCUT2D eigenvalue weighted by Gasteiger charge is -2.21. The third-order valence-electron chi connectivity index (χ3n) is 3.37. The number of benzene rings is 1. The van der Waals surface area contributed by atoms with E-state index >= 15 is 0 Å². The summed E-state index contributed by atoms with van der Waals surface area (Å²) in [6.45, 7) is 4.32. The summed E-state index contributed by atoms with van der Waals surface area (Å²) in [6.07, 6.45) is 2.66. The molecule has 4 heteroatoms. The van der Waals surface area contributed by atoms with Crippen molar-refractivity contribution in [2.75, 3.05) is 0 Å². The van der Waals surface area contributed by atoms with Gasteiger partial charge in [-0.3, -0.25) is 0 Å². The van der Waals surface area contributed by atoms with Crippen LogP contribution in [-0.4, -0.2) is 6.04 Å². The van der Waals surface area contributed by atoms with E-state index in [4.69, 9.17) is 34.8 Å². The molecule has 0 heterocycles. The summed E-state index contributed by atoms with van der Waals surface area (Å²) < 4.78 is 0. The number of hydrogen-bond acceptors (Lipinski definition) is 1. The first-order chi connectivity index (χ1) is 8.00. The van der Waals surface area contributed by atoms with E-state index in [0.29, 0.717) is 21.1 Å². The summed E-state index contributed by atoms with van der Waals surface area (Å²) in [6, 6.07) is 4.45. The maximum Gasteiger partial charge on any atom is 0.0781 e. The average Bonchev–Trinajstić information content (AvgIpc) is 3.09. The van der Waals surface area contributed by atoms with Crippen LogP contribution in [0.5, 0.6) is 0 Å². The zero-order valence-corrected chi connectivity index (χ0v) is 12.2. The van der Waals surface area contributed by atoms with Crippen LogP contribution in [0.25, 0.3) is 0 Å². The summed E-state index contributed by atoms with van der Waals surface area (Å²) in [5.41, 5.74) is 1.01. The van der Waals surface area contributed by atoms with Gasteiger partial charge in [0.15, 0.2) is 0 Å². The van der Waals surface area contributed by atoms with E-state index in [-0.39, 0.29) is 6.04 Å². The Hall–Kier alpha value is 0.0500. The molecule has 0 aromatic heterocycles. The van der Waals surface area contributed by atoms with Crippen molar-refractivity contribution in [3.63, 3.8) is 0 Å². The van der Waals surface area contributed by atoms with Gasteiger partial charge in [-0.2, -0.15) is 0 Å². The summed E-state index contributed by atoms with van der Waals surface area (Å²) in [7, 11) is 0. The molecular formula is C13H16Cl3N. The summed E-state index contributed by atoms with van der Waals surface area (Å²) in [5, 5.41) is 5.06. The van der Waals surface area contributed by atoms with Crippen LogP contribution < -0.4 is 5.32 Å². The topological polar surface area (TPSA) is 12.0 Å². The third-order valence-corrected chi connectivity index (χ3v) is 4.68. The Morgan fingerprint density at radius 2 is 1.76 bits per heavy atom. The Kier molecular flexibility index (Phi) is 4.25. The number of hydrogen-bond donors (Lipinski definition) is 1. The van der Waals surface area contributed by atoms with E-state index in [9.17, 15) is 0 Å². The maximum absolute atomic E-state index is 6.22. The molecule has 1 nitrogen and oxygen atoms in total. The smallest absolute Gasteiger partial charge is 0.0781 e. The molecule has 1 N–H and O–H groups in total. The van der Waals surface area contributed by atoms with E-state index in [1.54, 1.807) is 6.07 Å². The average molecular weight is 293 g/mol. The predicted molar refractivity (Wildman–Crippen MR) is 75.2 cm³/mol. The molecule has 1 saturated carbocycles. The van der Waals surface area contributed by atoms with Crippen LogP contribution in [0.3, 0.4) is 0 Å². The Bertz CT molecular complexity index is 415. The first kappa shape index (κ1) is 13.5. The van der Waals surface area contributed by atoms with E-state index in [2.05, 4.69) is 19.2 Å². The van der Waals surface area contributed by atoms with Crippen LogP contribution in [0.1, 0.15) is 38.3 Å². The number of halogens is 3. The van der Waals surface area contributed by atoms with Crippen LogP contribution in [0.2, 0.25) is 15.1 Å². The van der Waals surface area contributed by atoms with Crippen molar-refractivity contribution in [1.29, 1.82) is 0 Å². The highest BCUT2D eigenvalue weighted by Gasteiger charge is 2.29. The van der Waals surface area contributed by atoms with Crippen molar-refractivity contribution >= 4 is 34.8 Å². The van der Waals surface area contributed by atoms with Gasteiger partial charge in [-0.05, 0) is 44.2 Å². The normalized spacial score (nSPS) is 19.1. The lowest BCUT2D eigenvalue weighted by atomic mass is 10.1. The number of nitrogens with one attached hydrogen (secondary N) is 1. The molecule has 1 aliphatic carbocycles. The Morgan fingerprint density at radius 3 is 2.35 bits per heavy atom. The zero-order valence-electron chi connectivity index (χ0n) is 9.93. The van der Waals surface area contributed by atoms with Gasteiger partial charge in [0.25, 0.3) is 0 Å². The molecule has 1 aliphatic rings. The third kappa shape index (κ3) is 3.08. The molecule has 2 rings (SSSR count). The van der Waals surface area contributed by atoms with Gasteiger partial charge >= 0.3 is 0 Å². The van der Waals surface area contributed by atoms with E-state index < -0.39 is 0 Å². The largest absolute Gasteiger partial charge is 0.307 e. The monoisotopic (exact) mass is 291 g/mol. The van der Waals surface area contributed by atoms with Crippen molar-refractivity contribution < 1.29 is 0 Å². The lowest BCUT2D eigenvalue weighted by Crippen LogP contribution is -2.30. The SMILES string of the molecule is CC(NC(C)C1CC1)c1ccc(Cl)c(Cl)c1Cl. The molecule has 1 fully saturated rings. The van der Waals surface area contributed by atoms with Crippen molar-refractivity contribution in [1.82, 2.24) is 5.32 Å². The Labute approximate surface area is 117 Å². The van der Waals surface area contributed by atoms with E-state index in [0.717, 1.165) is 11.5 Å². The summed E-state index contributed by atoms with van der Waals surface area (Å²) >= 11 is 18.2. The molecule has 94 valence electrons. The number of rotatable bonds is 4. The Balaban J connectivity index is 2.12. The minimum atomic E-state index is 0.188. The van der Waals surface area contributed by atoms with Crippen LogP contribution in [-0.2, 0) is 0 Å². The molecule has 0 spiro atoms. The van der Waals surface area contributed by atoms with Crippen molar-refractivity contribution in [3.05, 3.63) is 32.8 Å². The molecule has 0 amide bonds. The van der Waals surface area contributed by atoms with Crippen LogP contribution in [0.15, 0.2) is 12.1 Å². The minimum absolute atomic E-state index is 0.188. The molecule has 0 saturated heterocycles. The fraction of sp³-hybridized carbons (Fsp3) is 0.538. The highest BCUT2D eigenvalue weighted by molar-refractivity contribution is 6.48. The van der Waals surface area contributed by atoms with Crippen molar-refractivity contribution in [2.45, 2.75) is 38.8 Å². The van der Waals surface area contributed by atoms with Gasteiger partial charge in [-0.15, -0.1) is 0 Å². The van der Waals surface area contributed by atoms with Crippen LogP contribution in [0.4, 0.5) is 0 Å². The quantitative estimate of drug-likeness (QED) is 0.762. The fourth-order valence-corrected chi connectivity index (χ4v) is 2.80. The van der Waals surface area contributed by atoms with Gasteiger partial charge in [0.2, 0.25) is 0 Å². The van der Waals surface area contributed by atoms with Gasteiger partial charge in [0, 0.05) is 12.1 Å². The molecule has 17 heavy (non-hydrogen) atoms.